The molecule has 2 aliphatic rings. The number of imidazole rings is 1. The molecule has 2 aliphatic heterocycles. The van der Waals surface area contributed by atoms with Crippen molar-refractivity contribution in [2.75, 3.05) is 11.4 Å². The molecule has 1 saturated heterocycles. The van der Waals surface area contributed by atoms with Crippen molar-refractivity contribution in [2.24, 2.45) is 0 Å². The highest BCUT2D eigenvalue weighted by atomic mass is 35.5. The van der Waals surface area contributed by atoms with Crippen molar-refractivity contribution in [3.8, 4) is 22.3 Å². The first-order chi connectivity index (χ1) is 14.6. The molecule has 6 heterocycles. The van der Waals surface area contributed by atoms with Gasteiger partial charge in [-0.15, -0.1) is 21.5 Å². The van der Waals surface area contributed by atoms with Crippen LogP contribution in [0, 0.1) is 6.92 Å². The molecule has 10 heteroatoms. The molecule has 0 aromatic carbocycles. The molecule has 0 radical (unpaired) electrons. The van der Waals surface area contributed by atoms with E-state index in [9.17, 15) is 0 Å². The second-order valence-electron chi connectivity index (χ2n) is 7.65. The molecule has 8 nitrogen and oxygen atoms in total. The van der Waals surface area contributed by atoms with Crippen LogP contribution in [-0.4, -0.2) is 40.8 Å². The van der Waals surface area contributed by atoms with Crippen LogP contribution < -0.4 is 4.90 Å². The van der Waals surface area contributed by atoms with Gasteiger partial charge in [-0.25, -0.2) is 9.97 Å². The lowest BCUT2D eigenvalue weighted by molar-refractivity contribution is 0.381. The smallest absolute Gasteiger partial charge is 0.237 e. The number of aromatic nitrogens is 7. The topological polar surface area (TPSA) is 77.5 Å². The second-order valence-corrected chi connectivity index (χ2v) is 9.37. The fraction of sp³-hybridized carbons (Fsp3) is 0.350. The van der Waals surface area contributed by atoms with E-state index in [1.165, 1.54) is 11.3 Å². The van der Waals surface area contributed by atoms with Gasteiger partial charge in [0.15, 0.2) is 17.5 Å². The van der Waals surface area contributed by atoms with Crippen LogP contribution in [0.1, 0.15) is 37.8 Å². The van der Waals surface area contributed by atoms with Crippen molar-refractivity contribution in [2.45, 2.75) is 38.6 Å². The van der Waals surface area contributed by atoms with Crippen LogP contribution in [0.4, 0.5) is 5.82 Å². The van der Waals surface area contributed by atoms with E-state index in [1.54, 1.807) is 6.20 Å². The number of hydrogen-bond donors (Lipinski definition) is 0. The Balaban J connectivity index is 1.55. The number of thiophene rings is 1. The van der Waals surface area contributed by atoms with Crippen molar-refractivity contribution in [1.29, 1.82) is 0 Å². The second kappa shape index (κ2) is 6.36. The maximum absolute atomic E-state index is 6.14. The Morgan fingerprint density at radius 1 is 1.23 bits per heavy atom. The summed E-state index contributed by atoms with van der Waals surface area (Å²) in [4.78, 5) is 17.6. The van der Waals surface area contributed by atoms with E-state index in [4.69, 9.17) is 21.6 Å². The minimum atomic E-state index is -0.168. The van der Waals surface area contributed by atoms with E-state index < -0.39 is 0 Å². The lowest BCUT2D eigenvalue weighted by Gasteiger charge is -2.42. The molecule has 1 fully saturated rings. The van der Waals surface area contributed by atoms with Gasteiger partial charge in [-0.3, -0.25) is 9.13 Å². The molecule has 4 aromatic rings. The molecule has 0 N–H and O–H groups in total. The van der Waals surface area contributed by atoms with Crippen LogP contribution >= 0.6 is 22.9 Å². The van der Waals surface area contributed by atoms with Crippen molar-refractivity contribution in [3.63, 3.8) is 0 Å². The lowest BCUT2D eigenvalue weighted by Crippen LogP contribution is -2.47. The Hall–Kier alpha value is -2.78. The molecule has 1 unspecified atom stereocenters. The summed E-state index contributed by atoms with van der Waals surface area (Å²) < 4.78 is 4.77. The zero-order chi connectivity index (χ0) is 20.5. The summed E-state index contributed by atoms with van der Waals surface area (Å²) in [6.45, 7) is 5.14. The standard InChI is InChI=1S/C20H19ClN8S/c1-3-20-7-4-9-28(20)16-13(29-12(2)25-26-18(20)29)11-23-19(24-16)27-10-8-22-17(27)14-5-6-15(21)30-14/h5-6,8,10-11H,3-4,7,9H2,1-2H3. The molecule has 0 saturated carbocycles. The third-order valence-electron chi connectivity index (χ3n) is 6.20. The quantitative estimate of drug-likeness (QED) is 0.478. The van der Waals surface area contributed by atoms with Gasteiger partial charge in [0.25, 0.3) is 0 Å². The van der Waals surface area contributed by atoms with Gasteiger partial charge in [-0.05, 0) is 38.3 Å². The molecule has 4 aromatic heterocycles. The van der Waals surface area contributed by atoms with Gasteiger partial charge in [0.2, 0.25) is 5.95 Å². The van der Waals surface area contributed by atoms with Crippen LogP contribution in [0.15, 0.2) is 30.7 Å². The number of halogens is 1. The van der Waals surface area contributed by atoms with Gasteiger partial charge in [0.1, 0.15) is 17.1 Å². The highest BCUT2D eigenvalue weighted by Gasteiger charge is 2.50. The Kier molecular flexibility index (Phi) is 3.82. The third-order valence-corrected chi connectivity index (χ3v) is 7.43. The van der Waals surface area contributed by atoms with E-state index in [-0.39, 0.29) is 5.54 Å². The maximum atomic E-state index is 6.14. The Bertz CT molecular complexity index is 1270. The van der Waals surface area contributed by atoms with Crippen LogP contribution in [0.5, 0.6) is 0 Å². The number of aryl methyl sites for hydroxylation is 1. The molecular weight excluding hydrogens is 420 g/mol. The van der Waals surface area contributed by atoms with E-state index in [0.717, 1.165) is 64.0 Å². The van der Waals surface area contributed by atoms with Crippen molar-refractivity contribution < 1.29 is 0 Å². The Labute approximate surface area is 182 Å². The average Bonchev–Trinajstić information content (AvgIpc) is 3.53. The molecule has 30 heavy (non-hydrogen) atoms. The van der Waals surface area contributed by atoms with Crippen LogP contribution in [0.3, 0.4) is 0 Å². The summed E-state index contributed by atoms with van der Waals surface area (Å²) in [5.41, 5.74) is 0.766. The Morgan fingerprint density at radius 3 is 2.93 bits per heavy atom. The van der Waals surface area contributed by atoms with Gasteiger partial charge >= 0.3 is 0 Å². The fourth-order valence-corrected chi connectivity index (χ4v) is 5.85. The molecule has 6 rings (SSSR count). The number of rotatable bonds is 3. The Morgan fingerprint density at radius 2 is 2.13 bits per heavy atom. The average molecular weight is 439 g/mol. The summed E-state index contributed by atoms with van der Waals surface area (Å²) in [7, 11) is 0. The monoisotopic (exact) mass is 438 g/mol. The molecule has 1 atom stereocenters. The molecule has 0 amide bonds. The zero-order valence-electron chi connectivity index (χ0n) is 16.6. The number of fused-ring (bicyclic) bond motifs is 6. The predicted octanol–water partition coefficient (Wildman–Crippen LogP) is 4.15. The maximum Gasteiger partial charge on any atom is 0.237 e. The lowest BCUT2D eigenvalue weighted by atomic mass is 9.90. The summed E-state index contributed by atoms with van der Waals surface area (Å²) in [6.07, 6.45) is 8.63. The molecule has 152 valence electrons. The first kappa shape index (κ1) is 18.0. The predicted molar refractivity (Wildman–Crippen MR) is 116 cm³/mol. The summed E-state index contributed by atoms with van der Waals surface area (Å²) in [5, 5.41) is 8.94. The van der Waals surface area contributed by atoms with Gasteiger partial charge < -0.3 is 4.90 Å². The summed E-state index contributed by atoms with van der Waals surface area (Å²) in [6, 6.07) is 3.85. The molecule has 0 bridgehead atoms. The van der Waals surface area contributed by atoms with E-state index in [2.05, 4.69) is 31.6 Å². The van der Waals surface area contributed by atoms with Crippen LogP contribution in [-0.2, 0) is 5.54 Å². The largest absolute Gasteiger partial charge is 0.342 e. The fourth-order valence-electron chi connectivity index (χ4n) is 4.81. The first-order valence-corrected chi connectivity index (χ1v) is 11.2. The highest BCUT2D eigenvalue weighted by Crippen LogP contribution is 2.49. The van der Waals surface area contributed by atoms with E-state index in [1.807, 2.05) is 36.0 Å². The summed E-state index contributed by atoms with van der Waals surface area (Å²) in [5.74, 6) is 4.17. The molecule has 0 aliphatic carbocycles. The minimum absolute atomic E-state index is 0.168. The van der Waals surface area contributed by atoms with Crippen molar-refractivity contribution in [3.05, 3.63) is 46.7 Å². The van der Waals surface area contributed by atoms with Gasteiger partial charge in [0.05, 0.1) is 15.4 Å². The third kappa shape index (κ3) is 2.30. The number of hydrogen-bond acceptors (Lipinski definition) is 7. The molecular formula is C20H19ClN8S. The van der Waals surface area contributed by atoms with Crippen LogP contribution in [0.25, 0.3) is 22.3 Å². The number of anilines is 1. The van der Waals surface area contributed by atoms with E-state index in [0.29, 0.717) is 5.95 Å². The van der Waals surface area contributed by atoms with Gasteiger partial charge in [0, 0.05) is 18.9 Å². The normalized spacial score (nSPS) is 19.6. The van der Waals surface area contributed by atoms with Crippen LogP contribution in [0.2, 0.25) is 4.34 Å². The summed E-state index contributed by atoms with van der Waals surface area (Å²) >= 11 is 7.63. The highest BCUT2D eigenvalue weighted by molar-refractivity contribution is 7.19. The zero-order valence-corrected chi connectivity index (χ0v) is 18.2. The minimum Gasteiger partial charge on any atom is -0.342 e. The van der Waals surface area contributed by atoms with Crippen molar-refractivity contribution >= 4 is 28.8 Å². The first-order valence-electron chi connectivity index (χ1n) is 9.99. The van der Waals surface area contributed by atoms with Gasteiger partial charge in [-0.1, -0.05) is 18.5 Å². The van der Waals surface area contributed by atoms with E-state index >= 15 is 0 Å². The van der Waals surface area contributed by atoms with Crippen molar-refractivity contribution in [1.82, 2.24) is 34.3 Å². The number of nitrogens with zero attached hydrogens (tertiary/aromatic N) is 8. The van der Waals surface area contributed by atoms with Gasteiger partial charge in [-0.2, -0.15) is 4.98 Å². The molecule has 0 spiro atoms. The SMILES string of the molecule is CCC12CCCN1c1nc(-n3ccnc3-c3ccc(Cl)s3)ncc1-n1c(C)nnc12.